The second-order valence-electron chi connectivity index (χ2n) is 7.39. The molecule has 9 heteroatoms. The molecule has 2 heterocycles. The molecule has 2 aliphatic rings. The van der Waals surface area contributed by atoms with Crippen molar-refractivity contribution in [2.75, 3.05) is 13.7 Å². The van der Waals surface area contributed by atoms with E-state index in [1.54, 1.807) is 47.4 Å². The zero-order valence-corrected chi connectivity index (χ0v) is 18.1. The molecular formula is C22H17Cl2N5O2. The minimum Gasteiger partial charge on any atom is -0.498 e. The molecule has 2 aromatic rings. The third-order valence-electron chi connectivity index (χ3n) is 5.83. The summed E-state index contributed by atoms with van der Waals surface area (Å²) in [7, 11) is 1.50. The largest absolute Gasteiger partial charge is 0.498 e. The maximum atomic E-state index is 13.5. The van der Waals surface area contributed by atoms with E-state index in [9.17, 15) is 10.3 Å². The molecule has 1 amide bonds. The fraction of sp³-hybridized carbons (Fsp3) is 0.273. The van der Waals surface area contributed by atoms with Crippen molar-refractivity contribution in [3.8, 4) is 6.07 Å². The van der Waals surface area contributed by atoms with E-state index in [1.165, 1.54) is 7.11 Å². The summed E-state index contributed by atoms with van der Waals surface area (Å²) < 4.78 is 5.83. The monoisotopic (exact) mass is 453 g/mol. The number of nitriles is 1. The first-order valence-corrected chi connectivity index (χ1v) is 10.3. The fourth-order valence-corrected chi connectivity index (χ4v) is 5.20. The van der Waals surface area contributed by atoms with Crippen molar-refractivity contribution in [3.63, 3.8) is 0 Å². The SMILES string of the molecule is COC1=C(c2cc(Cl)cc(Cl)c2)C(=O)N2CCCC12C(N=[N+]=[N-])c1ccc(C#N)cc1. The number of amides is 1. The van der Waals surface area contributed by atoms with Crippen molar-refractivity contribution in [2.45, 2.75) is 24.4 Å². The summed E-state index contributed by atoms with van der Waals surface area (Å²) >= 11 is 12.4. The number of azide groups is 1. The number of carbonyl (C=O) groups is 1. The molecule has 1 fully saturated rings. The summed E-state index contributed by atoms with van der Waals surface area (Å²) in [4.78, 5) is 18.3. The van der Waals surface area contributed by atoms with Crippen LogP contribution in [-0.4, -0.2) is 30.0 Å². The summed E-state index contributed by atoms with van der Waals surface area (Å²) in [5.41, 5.74) is 10.5. The number of rotatable bonds is 5. The van der Waals surface area contributed by atoms with E-state index in [0.29, 0.717) is 51.0 Å². The molecule has 2 aliphatic heterocycles. The zero-order valence-electron chi connectivity index (χ0n) is 16.5. The van der Waals surface area contributed by atoms with Gasteiger partial charge in [-0.15, -0.1) is 0 Å². The number of hydrogen-bond acceptors (Lipinski definition) is 4. The van der Waals surface area contributed by atoms with Crippen LogP contribution in [0.4, 0.5) is 0 Å². The van der Waals surface area contributed by atoms with E-state index >= 15 is 0 Å². The average molecular weight is 454 g/mol. The summed E-state index contributed by atoms with van der Waals surface area (Å²) in [6.45, 7) is 0.497. The van der Waals surface area contributed by atoms with Gasteiger partial charge in [0.05, 0.1) is 30.4 Å². The molecule has 31 heavy (non-hydrogen) atoms. The first-order valence-electron chi connectivity index (χ1n) is 9.57. The third kappa shape index (κ3) is 3.30. The Labute approximate surface area is 189 Å². The third-order valence-corrected chi connectivity index (χ3v) is 6.27. The van der Waals surface area contributed by atoms with Crippen LogP contribution in [0.15, 0.2) is 53.3 Å². The van der Waals surface area contributed by atoms with Gasteiger partial charge in [-0.1, -0.05) is 40.4 Å². The van der Waals surface area contributed by atoms with E-state index in [0.717, 1.165) is 6.42 Å². The lowest BCUT2D eigenvalue weighted by Crippen LogP contribution is -2.47. The number of ether oxygens (including phenoxy) is 1. The normalized spacial score (nSPS) is 20.8. The van der Waals surface area contributed by atoms with Gasteiger partial charge in [-0.2, -0.15) is 5.26 Å². The molecular weight excluding hydrogens is 437 g/mol. The Balaban J connectivity index is 1.96. The van der Waals surface area contributed by atoms with Crippen molar-refractivity contribution in [1.29, 1.82) is 5.26 Å². The molecule has 7 nitrogen and oxygen atoms in total. The molecule has 0 radical (unpaired) electrons. The highest BCUT2D eigenvalue weighted by molar-refractivity contribution is 6.35. The molecule has 0 aromatic heterocycles. The van der Waals surface area contributed by atoms with Gasteiger partial charge in [0.1, 0.15) is 11.3 Å². The first-order chi connectivity index (χ1) is 15.0. The maximum absolute atomic E-state index is 13.5. The van der Waals surface area contributed by atoms with Gasteiger partial charge in [-0.05, 0) is 59.8 Å². The number of carbonyl (C=O) groups excluding carboxylic acids is 1. The van der Waals surface area contributed by atoms with Gasteiger partial charge in [-0.25, -0.2) is 0 Å². The summed E-state index contributed by atoms with van der Waals surface area (Å²) in [5, 5.41) is 14.0. The van der Waals surface area contributed by atoms with Crippen molar-refractivity contribution in [3.05, 3.63) is 85.4 Å². The quantitative estimate of drug-likeness (QED) is 0.331. The predicted octanol–water partition coefficient (Wildman–Crippen LogP) is 5.65. The zero-order chi connectivity index (χ0) is 22.2. The molecule has 0 aliphatic carbocycles. The second-order valence-corrected chi connectivity index (χ2v) is 8.27. The number of fused-ring (bicyclic) bond motifs is 1. The van der Waals surface area contributed by atoms with E-state index in [2.05, 4.69) is 16.1 Å². The van der Waals surface area contributed by atoms with Crippen LogP contribution >= 0.6 is 23.2 Å². The predicted molar refractivity (Wildman–Crippen MR) is 117 cm³/mol. The number of benzene rings is 2. The maximum Gasteiger partial charge on any atom is 0.258 e. The lowest BCUT2D eigenvalue weighted by Gasteiger charge is -2.39. The first kappa shape index (κ1) is 21.1. The van der Waals surface area contributed by atoms with Gasteiger partial charge < -0.3 is 9.64 Å². The molecule has 1 saturated heterocycles. The van der Waals surface area contributed by atoms with Crippen molar-refractivity contribution in [1.82, 2.24) is 4.90 Å². The van der Waals surface area contributed by atoms with Crippen LogP contribution in [0.5, 0.6) is 0 Å². The van der Waals surface area contributed by atoms with Crippen LogP contribution in [0.25, 0.3) is 16.0 Å². The molecule has 156 valence electrons. The highest BCUT2D eigenvalue weighted by Gasteiger charge is 2.59. The van der Waals surface area contributed by atoms with E-state index in [-0.39, 0.29) is 5.91 Å². The lowest BCUT2D eigenvalue weighted by atomic mass is 9.81. The second kappa shape index (κ2) is 8.16. The molecule has 2 aromatic carbocycles. The van der Waals surface area contributed by atoms with Gasteiger partial charge in [0.2, 0.25) is 0 Å². The standard InChI is InChI=1S/C22H17Cl2N5O2/c1-31-20-18(15-9-16(23)11-17(24)10-15)21(30)29-8-2-7-22(20,29)19(27-28-26)14-5-3-13(12-25)4-6-14/h3-6,9-11,19H,2,7-8H2,1H3. The Kier molecular flexibility index (Phi) is 5.55. The Morgan fingerprint density at radius 3 is 2.52 bits per heavy atom. The smallest absolute Gasteiger partial charge is 0.258 e. The van der Waals surface area contributed by atoms with Crippen LogP contribution < -0.4 is 0 Å². The molecule has 0 spiro atoms. The van der Waals surface area contributed by atoms with Gasteiger partial charge >= 0.3 is 0 Å². The molecule has 4 rings (SSSR count). The van der Waals surface area contributed by atoms with Gasteiger partial charge in [0, 0.05) is 21.5 Å². The van der Waals surface area contributed by atoms with Gasteiger partial charge in [-0.3, -0.25) is 4.79 Å². The summed E-state index contributed by atoms with van der Waals surface area (Å²) in [6, 6.07) is 13.1. The number of nitrogens with zero attached hydrogens (tertiary/aromatic N) is 5. The Morgan fingerprint density at radius 1 is 1.26 bits per heavy atom. The highest BCUT2D eigenvalue weighted by atomic mass is 35.5. The fourth-order valence-electron chi connectivity index (χ4n) is 4.68. The molecule has 0 saturated carbocycles. The van der Waals surface area contributed by atoms with Crippen LogP contribution in [0.2, 0.25) is 10.0 Å². The number of halogens is 2. The van der Waals surface area contributed by atoms with E-state index in [4.69, 9.17) is 33.2 Å². The Morgan fingerprint density at radius 2 is 1.94 bits per heavy atom. The van der Waals surface area contributed by atoms with Crippen LogP contribution in [0.1, 0.15) is 35.6 Å². The van der Waals surface area contributed by atoms with Crippen molar-refractivity contribution >= 4 is 34.7 Å². The summed E-state index contributed by atoms with van der Waals surface area (Å²) in [5.74, 6) is 0.203. The molecule has 0 bridgehead atoms. The van der Waals surface area contributed by atoms with Gasteiger partial charge in [0.25, 0.3) is 5.91 Å². The van der Waals surface area contributed by atoms with Crippen LogP contribution in [0, 0.1) is 11.3 Å². The van der Waals surface area contributed by atoms with E-state index < -0.39 is 11.6 Å². The molecule has 0 N–H and O–H groups in total. The van der Waals surface area contributed by atoms with Crippen LogP contribution in [0.3, 0.4) is 0 Å². The molecule has 2 unspecified atom stereocenters. The van der Waals surface area contributed by atoms with Crippen molar-refractivity contribution in [2.24, 2.45) is 5.11 Å². The Hall–Kier alpha value is -3.17. The highest BCUT2D eigenvalue weighted by Crippen LogP contribution is 2.54. The van der Waals surface area contributed by atoms with E-state index in [1.807, 2.05) is 0 Å². The number of methoxy groups -OCH3 is 1. The minimum atomic E-state index is -0.976. The lowest BCUT2D eigenvalue weighted by molar-refractivity contribution is -0.127. The van der Waals surface area contributed by atoms with Gasteiger partial charge in [0.15, 0.2) is 0 Å². The topological polar surface area (TPSA) is 102 Å². The molecule has 2 atom stereocenters. The average Bonchev–Trinajstić information content (AvgIpc) is 3.28. The minimum absolute atomic E-state index is 0.223. The van der Waals surface area contributed by atoms with Crippen molar-refractivity contribution < 1.29 is 9.53 Å². The Bertz CT molecular complexity index is 1160. The summed E-state index contributed by atoms with van der Waals surface area (Å²) in [6.07, 6.45) is 1.29. The van der Waals surface area contributed by atoms with Crippen LogP contribution in [-0.2, 0) is 9.53 Å². The number of hydrogen-bond donors (Lipinski definition) is 0.